The number of pyridine rings is 1. The van der Waals surface area contributed by atoms with Crippen LogP contribution in [0.15, 0.2) is 24.5 Å². The van der Waals surface area contributed by atoms with Crippen LogP contribution in [0.1, 0.15) is 31.9 Å². The van der Waals surface area contributed by atoms with Gasteiger partial charge in [0, 0.05) is 37.9 Å². The number of nitrogens with one attached hydrogen (secondary N) is 1. The van der Waals surface area contributed by atoms with E-state index in [4.69, 9.17) is 0 Å². The van der Waals surface area contributed by atoms with Gasteiger partial charge in [-0.1, -0.05) is 19.9 Å². The molecule has 2 atom stereocenters. The molecule has 1 aliphatic rings. The Hall–Kier alpha value is -1.13. The minimum absolute atomic E-state index is 0. The lowest BCUT2D eigenvalue weighted by Crippen LogP contribution is -2.50. The number of carbonyl (C=O) groups excluding carboxylic acids is 1. The fraction of sp³-hybridized carbons (Fsp3) is 0.571. The number of carbonyl (C=O) groups is 1. The first kappa shape index (κ1) is 15.9. The molecule has 1 saturated heterocycles. The van der Waals surface area contributed by atoms with E-state index in [2.05, 4.69) is 17.2 Å². The van der Waals surface area contributed by atoms with Crippen LogP contribution in [0.25, 0.3) is 0 Å². The van der Waals surface area contributed by atoms with E-state index in [1.807, 2.05) is 30.2 Å². The van der Waals surface area contributed by atoms with Crippen LogP contribution in [0, 0.1) is 5.92 Å². The molecule has 1 fully saturated rings. The van der Waals surface area contributed by atoms with Crippen LogP contribution in [0.4, 0.5) is 0 Å². The lowest BCUT2D eigenvalue weighted by atomic mass is 10.0. The van der Waals surface area contributed by atoms with Crippen LogP contribution >= 0.6 is 12.4 Å². The topological polar surface area (TPSA) is 45.2 Å². The molecule has 0 radical (unpaired) electrons. The Balaban J connectivity index is 0.00000180. The molecular formula is C14H22ClN3O. The maximum atomic E-state index is 12.4. The predicted molar refractivity (Wildman–Crippen MR) is 78.3 cm³/mol. The molecule has 2 heterocycles. The van der Waals surface area contributed by atoms with E-state index in [0.29, 0.717) is 0 Å². The van der Waals surface area contributed by atoms with Gasteiger partial charge in [0.25, 0.3) is 0 Å². The quantitative estimate of drug-likeness (QED) is 0.923. The van der Waals surface area contributed by atoms with Crippen LogP contribution in [-0.4, -0.2) is 35.4 Å². The normalized spacial score (nSPS) is 20.5. The highest BCUT2D eigenvalue weighted by Crippen LogP contribution is 2.23. The van der Waals surface area contributed by atoms with Gasteiger partial charge in [-0.2, -0.15) is 0 Å². The lowest BCUT2D eigenvalue weighted by molar-refractivity contribution is -0.138. The molecular weight excluding hydrogens is 262 g/mol. The molecule has 106 valence electrons. The maximum Gasteiger partial charge on any atom is 0.225 e. The molecule has 0 bridgehead atoms. The zero-order valence-corrected chi connectivity index (χ0v) is 12.3. The van der Waals surface area contributed by atoms with Gasteiger partial charge in [-0.25, -0.2) is 0 Å². The summed E-state index contributed by atoms with van der Waals surface area (Å²) in [5.41, 5.74) is 1.11. The third-order valence-corrected chi connectivity index (χ3v) is 3.63. The molecule has 0 spiro atoms. The summed E-state index contributed by atoms with van der Waals surface area (Å²) in [7, 11) is 0. The van der Waals surface area contributed by atoms with Crippen molar-refractivity contribution in [2.45, 2.75) is 26.3 Å². The summed E-state index contributed by atoms with van der Waals surface area (Å²) in [4.78, 5) is 18.5. The third kappa shape index (κ3) is 3.67. The van der Waals surface area contributed by atoms with E-state index in [1.165, 1.54) is 0 Å². The molecule has 0 aromatic carbocycles. The van der Waals surface area contributed by atoms with Gasteiger partial charge in [0.05, 0.1) is 6.04 Å². The van der Waals surface area contributed by atoms with Crippen LogP contribution in [0.3, 0.4) is 0 Å². The van der Waals surface area contributed by atoms with Gasteiger partial charge in [-0.15, -0.1) is 12.4 Å². The highest BCUT2D eigenvalue weighted by molar-refractivity contribution is 5.85. The van der Waals surface area contributed by atoms with E-state index in [0.717, 1.165) is 31.6 Å². The predicted octanol–water partition coefficient (Wildman–Crippen LogP) is 2.02. The highest BCUT2D eigenvalue weighted by Gasteiger charge is 2.29. The summed E-state index contributed by atoms with van der Waals surface area (Å²) in [6, 6.07) is 4.09. The minimum atomic E-state index is 0. The molecule has 1 amide bonds. The van der Waals surface area contributed by atoms with Gasteiger partial charge >= 0.3 is 0 Å². The SMILES string of the molecule is CCC(C)C(=O)N1CCNCC1c1cccnc1.Cl. The van der Waals surface area contributed by atoms with Crippen LogP contribution in [0.5, 0.6) is 0 Å². The first-order valence-corrected chi connectivity index (χ1v) is 6.65. The van der Waals surface area contributed by atoms with Gasteiger partial charge < -0.3 is 10.2 Å². The van der Waals surface area contributed by atoms with E-state index in [-0.39, 0.29) is 30.3 Å². The summed E-state index contributed by atoms with van der Waals surface area (Å²) in [6.45, 7) is 6.53. The molecule has 1 aromatic rings. The van der Waals surface area contributed by atoms with Crippen molar-refractivity contribution in [3.8, 4) is 0 Å². The number of hydrogen-bond acceptors (Lipinski definition) is 3. The van der Waals surface area contributed by atoms with Crippen molar-refractivity contribution in [3.63, 3.8) is 0 Å². The number of rotatable bonds is 3. The molecule has 1 N–H and O–H groups in total. The average molecular weight is 284 g/mol. The molecule has 1 aromatic heterocycles. The molecule has 1 aliphatic heterocycles. The summed E-state index contributed by atoms with van der Waals surface area (Å²) in [5, 5.41) is 3.35. The summed E-state index contributed by atoms with van der Waals surface area (Å²) < 4.78 is 0. The average Bonchev–Trinajstić information content (AvgIpc) is 2.46. The minimum Gasteiger partial charge on any atom is -0.333 e. The van der Waals surface area contributed by atoms with Gasteiger partial charge in [0.2, 0.25) is 5.91 Å². The largest absolute Gasteiger partial charge is 0.333 e. The molecule has 0 aliphatic carbocycles. The number of halogens is 1. The van der Waals surface area contributed by atoms with Gasteiger partial charge in [0.15, 0.2) is 0 Å². The Morgan fingerprint density at radius 1 is 1.63 bits per heavy atom. The second-order valence-corrected chi connectivity index (χ2v) is 4.85. The summed E-state index contributed by atoms with van der Waals surface area (Å²) in [6.07, 6.45) is 4.51. The zero-order valence-electron chi connectivity index (χ0n) is 11.5. The van der Waals surface area contributed by atoms with Crippen molar-refractivity contribution in [1.29, 1.82) is 0 Å². The van der Waals surface area contributed by atoms with E-state index >= 15 is 0 Å². The molecule has 5 heteroatoms. The summed E-state index contributed by atoms with van der Waals surface area (Å²) in [5.74, 6) is 0.357. The fourth-order valence-corrected chi connectivity index (χ4v) is 2.30. The van der Waals surface area contributed by atoms with Gasteiger partial charge in [-0.3, -0.25) is 9.78 Å². The molecule has 4 nitrogen and oxygen atoms in total. The Morgan fingerprint density at radius 2 is 2.42 bits per heavy atom. The summed E-state index contributed by atoms with van der Waals surface area (Å²) >= 11 is 0. The third-order valence-electron chi connectivity index (χ3n) is 3.63. The van der Waals surface area contributed by atoms with E-state index in [1.54, 1.807) is 6.20 Å². The van der Waals surface area contributed by atoms with Crippen LogP contribution < -0.4 is 5.32 Å². The second kappa shape index (κ2) is 7.46. The van der Waals surface area contributed by atoms with Crippen molar-refractivity contribution in [2.24, 2.45) is 5.92 Å². The second-order valence-electron chi connectivity index (χ2n) is 4.85. The molecule has 2 unspecified atom stereocenters. The number of nitrogens with zero attached hydrogens (tertiary/aromatic N) is 2. The Kier molecular flexibility index (Phi) is 6.25. The zero-order chi connectivity index (χ0) is 13.0. The highest BCUT2D eigenvalue weighted by atomic mass is 35.5. The standard InChI is InChI=1S/C14H21N3O.ClH/c1-3-11(2)14(18)17-8-7-16-10-13(17)12-5-4-6-15-9-12;/h4-6,9,11,13,16H,3,7-8,10H2,1-2H3;1H. The fourth-order valence-electron chi connectivity index (χ4n) is 2.30. The van der Waals surface area contributed by atoms with E-state index in [9.17, 15) is 4.79 Å². The number of hydrogen-bond donors (Lipinski definition) is 1. The van der Waals surface area contributed by atoms with Crippen molar-refractivity contribution in [1.82, 2.24) is 15.2 Å². The smallest absolute Gasteiger partial charge is 0.225 e. The van der Waals surface area contributed by atoms with Crippen molar-refractivity contribution in [2.75, 3.05) is 19.6 Å². The lowest BCUT2D eigenvalue weighted by Gasteiger charge is -2.37. The number of amides is 1. The molecule has 0 saturated carbocycles. The molecule has 19 heavy (non-hydrogen) atoms. The van der Waals surface area contributed by atoms with Crippen molar-refractivity contribution < 1.29 is 4.79 Å². The Labute approximate surface area is 121 Å². The molecule has 2 rings (SSSR count). The van der Waals surface area contributed by atoms with Gasteiger partial charge in [0.1, 0.15) is 0 Å². The van der Waals surface area contributed by atoms with Crippen molar-refractivity contribution >= 4 is 18.3 Å². The van der Waals surface area contributed by atoms with Gasteiger partial charge in [-0.05, 0) is 18.1 Å². The maximum absolute atomic E-state index is 12.4. The van der Waals surface area contributed by atoms with E-state index < -0.39 is 0 Å². The number of aromatic nitrogens is 1. The Bertz CT molecular complexity index is 399. The number of piperazine rings is 1. The van der Waals surface area contributed by atoms with Crippen LogP contribution in [-0.2, 0) is 4.79 Å². The first-order chi connectivity index (χ1) is 8.74. The monoisotopic (exact) mass is 283 g/mol. The van der Waals surface area contributed by atoms with Crippen LogP contribution in [0.2, 0.25) is 0 Å². The Morgan fingerprint density at radius 3 is 3.05 bits per heavy atom. The first-order valence-electron chi connectivity index (χ1n) is 6.65. The van der Waals surface area contributed by atoms with Crippen molar-refractivity contribution in [3.05, 3.63) is 30.1 Å².